The zero-order chi connectivity index (χ0) is 13.3. The van der Waals surface area contributed by atoms with Crippen LogP contribution in [0.3, 0.4) is 0 Å². The van der Waals surface area contributed by atoms with Crippen molar-refractivity contribution >= 4 is 21.8 Å². The number of amides is 1. The lowest BCUT2D eigenvalue weighted by atomic mass is 9.96. The van der Waals surface area contributed by atoms with E-state index < -0.39 is 0 Å². The summed E-state index contributed by atoms with van der Waals surface area (Å²) in [5, 5.41) is 0. The molecule has 0 spiro atoms. The van der Waals surface area contributed by atoms with Crippen LogP contribution in [0.15, 0.2) is 22.7 Å². The summed E-state index contributed by atoms with van der Waals surface area (Å²) in [5.74, 6) is -0.347. The van der Waals surface area contributed by atoms with E-state index in [0.29, 0.717) is 10.0 Å². The predicted octanol–water partition coefficient (Wildman–Crippen LogP) is 3.99. The first kappa shape index (κ1) is 13.5. The first-order valence-corrected chi connectivity index (χ1v) is 7.07. The quantitative estimate of drug-likeness (QED) is 0.767. The van der Waals surface area contributed by atoms with Crippen molar-refractivity contribution in [1.82, 2.24) is 4.90 Å². The van der Waals surface area contributed by atoms with Gasteiger partial charge in [-0.1, -0.05) is 0 Å². The van der Waals surface area contributed by atoms with Gasteiger partial charge in [0.25, 0.3) is 5.91 Å². The molecule has 0 saturated carbocycles. The molecule has 1 aliphatic heterocycles. The Morgan fingerprint density at radius 3 is 2.50 bits per heavy atom. The molecule has 2 rings (SSSR count). The zero-order valence-electron chi connectivity index (χ0n) is 10.6. The van der Waals surface area contributed by atoms with E-state index in [0.717, 1.165) is 19.3 Å². The molecule has 0 aromatic heterocycles. The number of rotatable bonds is 1. The Bertz CT molecular complexity index is 453. The van der Waals surface area contributed by atoms with Crippen molar-refractivity contribution in [2.24, 2.45) is 0 Å². The fraction of sp³-hybridized carbons (Fsp3) is 0.500. The van der Waals surface area contributed by atoms with E-state index in [9.17, 15) is 9.18 Å². The molecule has 0 radical (unpaired) electrons. The van der Waals surface area contributed by atoms with Crippen LogP contribution in [0.4, 0.5) is 4.39 Å². The third-order valence-electron chi connectivity index (χ3n) is 3.59. The molecule has 0 aliphatic carbocycles. The number of hydrogen-bond donors (Lipinski definition) is 0. The summed E-state index contributed by atoms with van der Waals surface area (Å²) in [6.07, 6.45) is 3.24. The maximum absolute atomic E-state index is 13.1. The summed E-state index contributed by atoms with van der Waals surface area (Å²) in [6, 6.07) is 4.72. The van der Waals surface area contributed by atoms with E-state index in [2.05, 4.69) is 29.8 Å². The van der Waals surface area contributed by atoms with Crippen molar-refractivity contribution in [1.29, 1.82) is 0 Å². The minimum absolute atomic E-state index is 0.0124. The van der Waals surface area contributed by atoms with Crippen molar-refractivity contribution < 1.29 is 9.18 Å². The maximum Gasteiger partial charge on any atom is 0.255 e. The number of hydrogen-bond acceptors (Lipinski definition) is 1. The van der Waals surface area contributed by atoms with E-state index >= 15 is 0 Å². The molecule has 4 heteroatoms. The first-order chi connectivity index (χ1) is 8.50. The van der Waals surface area contributed by atoms with Gasteiger partial charge in [-0.05, 0) is 67.2 Å². The van der Waals surface area contributed by atoms with Crippen LogP contribution >= 0.6 is 15.9 Å². The van der Waals surface area contributed by atoms with Gasteiger partial charge >= 0.3 is 0 Å². The summed E-state index contributed by atoms with van der Waals surface area (Å²) >= 11 is 3.27. The molecule has 1 aliphatic rings. The lowest BCUT2D eigenvalue weighted by Crippen LogP contribution is -2.47. The molecule has 1 heterocycles. The number of halogens is 2. The second-order valence-electron chi connectivity index (χ2n) is 4.97. The summed E-state index contributed by atoms with van der Waals surface area (Å²) in [4.78, 5) is 14.4. The first-order valence-electron chi connectivity index (χ1n) is 6.28. The molecular weight excluding hydrogens is 297 g/mol. The maximum atomic E-state index is 13.1. The van der Waals surface area contributed by atoms with Crippen LogP contribution in [0.5, 0.6) is 0 Å². The molecule has 2 atom stereocenters. The fourth-order valence-corrected chi connectivity index (χ4v) is 3.14. The van der Waals surface area contributed by atoms with E-state index in [1.807, 2.05) is 4.90 Å². The lowest BCUT2D eigenvalue weighted by molar-refractivity contribution is 0.0510. The molecule has 1 aromatic carbocycles. The van der Waals surface area contributed by atoms with Crippen molar-refractivity contribution in [2.75, 3.05) is 0 Å². The molecule has 1 amide bonds. The predicted molar refractivity (Wildman–Crippen MR) is 73.0 cm³/mol. The van der Waals surface area contributed by atoms with Crippen molar-refractivity contribution in [3.05, 3.63) is 34.1 Å². The average Bonchev–Trinajstić information content (AvgIpc) is 2.28. The molecule has 98 valence electrons. The SMILES string of the molecule is C[C@@H]1CCC[C@H](C)N1C(=O)c1ccc(F)cc1Br. The molecule has 0 unspecified atom stereocenters. The van der Waals surface area contributed by atoms with Crippen LogP contribution in [-0.2, 0) is 0 Å². The summed E-state index contributed by atoms with van der Waals surface area (Å²) in [7, 11) is 0. The second-order valence-corrected chi connectivity index (χ2v) is 5.82. The molecule has 0 bridgehead atoms. The van der Waals surface area contributed by atoms with Gasteiger partial charge in [0, 0.05) is 16.6 Å². The minimum atomic E-state index is -0.335. The zero-order valence-corrected chi connectivity index (χ0v) is 12.2. The third kappa shape index (κ3) is 2.58. The number of carbonyl (C=O) groups excluding carboxylic acids is 1. The third-order valence-corrected chi connectivity index (χ3v) is 4.25. The van der Waals surface area contributed by atoms with Crippen LogP contribution in [-0.4, -0.2) is 22.9 Å². The van der Waals surface area contributed by atoms with E-state index in [-0.39, 0.29) is 23.8 Å². The van der Waals surface area contributed by atoms with Gasteiger partial charge in [0.1, 0.15) is 5.82 Å². The van der Waals surface area contributed by atoms with Gasteiger partial charge in [-0.15, -0.1) is 0 Å². The Balaban J connectivity index is 2.29. The van der Waals surface area contributed by atoms with E-state index in [1.54, 1.807) is 6.07 Å². The normalized spacial score (nSPS) is 24.1. The van der Waals surface area contributed by atoms with Crippen molar-refractivity contribution in [3.8, 4) is 0 Å². The summed E-state index contributed by atoms with van der Waals surface area (Å²) in [6.45, 7) is 4.15. The highest BCUT2D eigenvalue weighted by Gasteiger charge is 2.30. The van der Waals surface area contributed by atoms with Crippen LogP contribution < -0.4 is 0 Å². The monoisotopic (exact) mass is 313 g/mol. The molecule has 18 heavy (non-hydrogen) atoms. The highest BCUT2D eigenvalue weighted by atomic mass is 79.9. The molecule has 1 aromatic rings. The van der Waals surface area contributed by atoms with Crippen molar-refractivity contribution in [3.63, 3.8) is 0 Å². The van der Waals surface area contributed by atoms with Gasteiger partial charge in [-0.2, -0.15) is 0 Å². The molecule has 2 nitrogen and oxygen atoms in total. The van der Waals surface area contributed by atoms with Crippen LogP contribution in [0.25, 0.3) is 0 Å². The number of piperidine rings is 1. The minimum Gasteiger partial charge on any atom is -0.333 e. The van der Waals surface area contributed by atoms with Crippen molar-refractivity contribution in [2.45, 2.75) is 45.2 Å². The largest absolute Gasteiger partial charge is 0.333 e. The van der Waals surface area contributed by atoms with Gasteiger partial charge in [0.2, 0.25) is 0 Å². The molecular formula is C14H17BrFNO. The van der Waals surface area contributed by atoms with Gasteiger partial charge in [0.15, 0.2) is 0 Å². The Morgan fingerprint density at radius 1 is 1.33 bits per heavy atom. The molecule has 1 saturated heterocycles. The Hall–Kier alpha value is -0.900. The lowest BCUT2D eigenvalue weighted by Gasteiger charge is -2.39. The van der Waals surface area contributed by atoms with Crippen LogP contribution in [0.1, 0.15) is 43.5 Å². The number of benzene rings is 1. The van der Waals surface area contributed by atoms with Crippen LogP contribution in [0.2, 0.25) is 0 Å². The highest BCUT2D eigenvalue weighted by molar-refractivity contribution is 9.10. The molecule has 1 fully saturated rings. The number of carbonyl (C=O) groups is 1. The van der Waals surface area contributed by atoms with Gasteiger partial charge in [-0.25, -0.2) is 4.39 Å². The Labute approximate surface area is 115 Å². The number of likely N-dealkylation sites (tertiary alicyclic amines) is 1. The number of nitrogens with zero attached hydrogens (tertiary/aromatic N) is 1. The standard InChI is InChI=1S/C14H17BrFNO/c1-9-4-3-5-10(2)17(9)14(18)12-7-6-11(16)8-13(12)15/h6-10H,3-5H2,1-2H3/t9-,10+. The molecule has 0 N–H and O–H groups in total. The topological polar surface area (TPSA) is 20.3 Å². The van der Waals surface area contributed by atoms with E-state index in [4.69, 9.17) is 0 Å². The average molecular weight is 314 g/mol. The Kier molecular flexibility index (Phi) is 4.05. The summed E-state index contributed by atoms with van der Waals surface area (Å²) < 4.78 is 13.6. The van der Waals surface area contributed by atoms with E-state index in [1.165, 1.54) is 12.1 Å². The summed E-state index contributed by atoms with van der Waals surface area (Å²) in [5.41, 5.74) is 0.539. The smallest absolute Gasteiger partial charge is 0.255 e. The Morgan fingerprint density at radius 2 is 1.94 bits per heavy atom. The highest BCUT2D eigenvalue weighted by Crippen LogP contribution is 2.27. The second kappa shape index (κ2) is 5.39. The fourth-order valence-electron chi connectivity index (χ4n) is 2.62. The van der Waals surface area contributed by atoms with Gasteiger partial charge in [-0.3, -0.25) is 4.79 Å². The van der Waals surface area contributed by atoms with Gasteiger partial charge in [0.05, 0.1) is 5.56 Å². The van der Waals surface area contributed by atoms with Gasteiger partial charge < -0.3 is 4.90 Å². The van der Waals surface area contributed by atoms with Crippen LogP contribution in [0, 0.1) is 5.82 Å².